The van der Waals surface area contributed by atoms with Crippen LogP contribution in [0, 0.1) is 0 Å². The molecule has 7 heteroatoms. The van der Waals surface area contributed by atoms with E-state index in [4.69, 9.17) is 4.52 Å². The maximum absolute atomic E-state index is 5.13. The number of rotatable bonds is 5. The quantitative estimate of drug-likeness (QED) is 0.913. The van der Waals surface area contributed by atoms with Gasteiger partial charge in [-0.15, -0.1) is 0 Å². The van der Waals surface area contributed by atoms with Crippen LogP contribution in [0.4, 0.5) is 5.95 Å². The van der Waals surface area contributed by atoms with Crippen LogP contribution >= 0.6 is 15.9 Å². The minimum absolute atomic E-state index is 0.283. The van der Waals surface area contributed by atoms with Gasteiger partial charge < -0.3 is 9.84 Å². The predicted molar refractivity (Wildman–Crippen MR) is 70.3 cm³/mol. The van der Waals surface area contributed by atoms with E-state index in [-0.39, 0.29) is 5.92 Å². The van der Waals surface area contributed by atoms with Crippen LogP contribution in [0.1, 0.15) is 31.5 Å². The standard InChI is InChI=1S/C11H14BrN5O/c1-7(2)10-16-9(18-17-10)3-4-13-11-14-5-8(12)6-15-11/h5-7H,3-4H2,1-2H3,(H,13,14,15). The van der Waals surface area contributed by atoms with Gasteiger partial charge in [-0.05, 0) is 15.9 Å². The maximum Gasteiger partial charge on any atom is 0.228 e. The monoisotopic (exact) mass is 311 g/mol. The fraction of sp³-hybridized carbons (Fsp3) is 0.455. The molecule has 0 saturated carbocycles. The molecule has 0 fully saturated rings. The van der Waals surface area contributed by atoms with Gasteiger partial charge in [-0.1, -0.05) is 19.0 Å². The van der Waals surface area contributed by atoms with Gasteiger partial charge >= 0.3 is 0 Å². The second kappa shape index (κ2) is 5.90. The van der Waals surface area contributed by atoms with Crippen LogP contribution in [0.5, 0.6) is 0 Å². The van der Waals surface area contributed by atoms with E-state index in [2.05, 4.69) is 41.4 Å². The van der Waals surface area contributed by atoms with Gasteiger partial charge in [0.1, 0.15) is 0 Å². The Kier molecular flexibility index (Phi) is 4.24. The van der Waals surface area contributed by atoms with E-state index < -0.39 is 0 Å². The first-order valence-corrected chi connectivity index (χ1v) is 6.48. The van der Waals surface area contributed by atoms with Crippen LogP contribution in [0.2, 0.25) is 0 Å². The highest BCUT2D eigenvalue weighted by molar-refractivity contribution is 9.10. The van der Waals surface area contributed by atoms with E-state index in [1.807, 2.05) is 13.8 Å². The van der Waals surface area contributed by atoms with Crippen LogP contribution in [0.15, 0.2) is 21.4 Å². The average molecular weight is 312 g/mol. The summed E-state index contributed by atoms with van der Waals surface area (Å²) in [6.07, 6.45) is 4.04. The summed E-state index contributed by atoms with van der Waals surface area (Å²) in [4.78, 5) is 12.5. The number of halogens is 1. The van der Waals surface area contributed by atoms with Crippen LogP contribution in [-0.4, -0.2) is 26.7 Å². The zero-order valence-corrected chi connectivity index (χ0v) is 11.8. The maximum atomic E-state index is 5.13. The van der Waals surface area contributed by atoms with Gasteiger partial charge in [0.25, 0.3) is 0 Å². The summed E-state index contributed by atoms with van der Waals surface area (Å²) in [5.41, 5.74) is 0. The molecule has 0 aliphatic carbocycles. The van der Waals surface area contributed by atoms with Gasteiger partial charge in [-0.3, -0.25) is 0 Å². The van der Waals surface area contributed by atoms with Crippen LogP contribution in [0.25, 0.3) is 0 Å². The molecule has 0 aromatic carbocycles. The van der Waals surface area contributed by atoms with E-state index >= 15 is 0 Å². The lowest BCUT2D eigenvalue weighted by Crippen LogP contribution is -2.07. The molecule has 0 spiro atoms. The number of hydrogen-bond acceptors (Lipinski definition) is 6. The number of nitrogens with zero attached hydrogens (tertiary/aromatic N) is 4. The molecule has 1 N–H and O–H groups in total. The van der Waals surface area contributed by atoms with E-state index in [0.29, 0.717) is 24.8 Å². The molecule has 2 aromatic heterocycles. The van der Waals surface area contributed by atoms with E-state index in [1.165, 1.54) is 0 Å². The predicted octanol–water partition coefficient (Wildman–Crippen LogP) is 2.40. The Morgan fingerprint density at radius 1 is 1.33 bits per heavy atom. The Hall–Kier alpha value is -1.50. The van der Waals surface area contributed by atoms with Crippen molar-refractivity contribution in [1.82, 2.24) is 20.1 Å². The topological polar surface area (TPSA) is 76.7 Å². The summed E-state index contributed by atoms with van der Waals surface area (Å²) in [5.74, 6) is 2.24. The van der Waals surface area contributed by atoms with Gasteiger partial charge in [0.15, 0.2) is 5.82 Å². The van der Waals surface area contributed by atoms with Gasteiger partial charge in [-0.25, -0.2) is 9.97 Å². The SMILES string of the molecule is CC(C)c1noc(CCNc2ncc(Br)cn2)n1. The highest BCUT2D eigenvalue weighted by atomic mass is 79.9. The molecule has 2 rings (SSSR count). The van der Waals surface area contributed by atoms with Gasteiger partial charge in [0, 0.05) is 31.3 Å². The summed E-state index contributed by atoms with van der Waals surface area (Å²) < 4.78 is 5.99. The fourth-order valence-electron chi connectivity index (χ4n) is 1.29. The van der Waals surface area contributed by atoms with Crippen molar-refractivity contribution in [3.05, 3.63) is 28.6 Å². The van der Waals surface area contributed by atoms with Crippen molar-refractivity contribution in [3.8, 4) is 0 Å². The molecule has 0 atom stereocenters. The van der Waals surface area contributed by atoms with Gasteiger partial charge in [-0.2, -0.15) is 4.98 Å². The fourth-order valence-corrected chi connectivity index (χ4v) is 1.49. The average Bonchev–Trinajstić information content (AvgIpc) is 2.81. The van der Waals surface area contributed by atoms with Gasteiger partial charge in [0.05, 0.1) is 4.47 Å². The zero-order valence-electron chi connectivity index (χ0n) is 10.2. The lowest BCUT2D eigenvalue weighted by atomic mass is 10.2. The Morgan fingerprint density at radius 3 is 2.67 bits per heavy atom. The van der Waals surface area contributed by atoms with Crippen LogP contribution in [0.3, 0.4) is 0 Å². The second-order valence-corrected chi connectivity index (χ2v) is 5.02. The minimum Gasteiger partial charge on any atom is -0.354 e. The molecule has 2 heterocycles. The molecule has 0 radical (unpaired) electrons. The molecule has 0 saturated heterocycles. The number of nitrogens with one attached hydrogen (secondary N) is 1. The lowest BCUT2D eigenvalue weighted by molar-refractivity contribution is 0.373. The molecule has 0 unspecified atom stereocenters. The molecule has 0 aliphatic rings. The van der Waals surface area contributed by atoms with Crippen molar-refractivity contribution in [2.75, 3.05) is 11.9 Å². The smallest absolute Gasteiger partial charge is 0.228 e. The van der Waals surface area contributed by atoms with Crippen LogP contribution < -0.4 is 5.32 Å². The summed E-state index contributed by atoms with van der Waals surface area (Å²) in [6, 6.07) is 0. The largest absolute Gasteiger partial charge is 0.354 e. The molecule has 0 aliphatic heterocycles. The molecule has 6 nitrogen and oxygen atoms in total. The van der Waals surface area contributed by atoms with E-state index in [1.54, 1.807) is 12.4 Å². The molecule has 0 bridgehead atoms. The van der Waals surface area contributed by atoms with E-state index in [0.717, 1.165) is 10.3 Å². The molecule has 18 heavy (non-hydrogen) atoms. The third kappa shape index (κ3) is 3.49. The zero-order chi connectivity index (χ0) is 13.0. The van der Waals surface area contributed by atoms with Crippen LogP contribution in [-0.2, 0) is 6.42 Å². The van der Waals surface area contributed by atoms with Crippen molar-refractivity contribution in [2.45, 2.75) is 26.2 Å². The third-order valence-electron chi connectivity index (χ3n) is 2.24. The summed E-state index contributed by atoms with van der Waals surface area (Å²) in [5, 5.41) is 6.99. The number of hydrogen-bond donors (Lipinski definition) is 1. The Balaban J connectivity index is 1.82. The second-order valence-electron chi connectivity index (χ2n) is 4.10. The van der Waals surface area contributed by atoms with Gasteiger partial charge in [0.2, 0.25) is 11.8 Å². The Bertz CT molecular complexity index is 496. The van der Waals surface area contributed by atoms with Crippen molar-refractivity contribution in [3.63, 3.8) is 0 Å². The molecular weight excluding hydrogens is 298 g/mol. The Labute approximate surface area is 113 Å². The third-order valence-corrected chi connectivity index (χ3v) is 2.65. The highest BCUT2D eigenvalue weighted by Crippen LogP contribution is 2.10. The lowest BCUT2D eigenvalue weighted by Gasteiger charge is -2.01. The number of aromatic nitrogens is 4. The summed E-state index contributed by atoms with van der Waals surface area (Å²) >= 11 is 3.28. The summed E-state index contributed by atoms with van der Waals surface area (Å²) in [7, 11) is 0. The number of anilines is 1. The minimum atomic E-state index is 0.283. The molecule has 2 aromatic rings. The highest BCUT2D eigenvalue weighted by Gasteiger charge is 2.09. The van der Waals surface area contributed by atoms with Crippen molar-refractivity contribution in [2.24, 2.45) is 0 Å². The van der Waals surface area contributed by atoms with Crippen molar-refractivity contribution < 1.29 is 4.52 Å². The molecular formula is C11H14BrN5O. The molecule has 96 valence electrons. The first-order chi connectivity index (χ1) is 8.65. The first kappa shape index (κ1) is 12.9. The Morgan fingerprint density at radius 2 is 2.06 bits per heavy atom. The van der Waals surface area contributed by atoms with E-state index in [9.17, 15) is 0 Å². The molecule has 0 amide bonds. The van der Waals surface area contributed by atoms with Crippen molar-refractivity contribution >= 4 is 21.9 Å². The normalized spacial score (nSPS) is 10.9. The van der Waals surface area contributed by atoms with Crippen molar-refractivity contribution in [1.29, 1.82) is 0 Å². The first-order valence-electron chi connectivity index (χ1n) is 5.69. The summed E-state index contributed by atoms with van der Waals surface area (Å²) in [6.45, 7) is 4.71.